The van der Waals surface area contributed by atoms with Gasteiger partial charge in [-0.15, -0.1) is 0 Å². The molecule has 21 heavy (non-hydrogen) atoms. The summed E-state index contributed by atoms with van der Waals surface area (Å²) in [6.07, 6.45) is 0.938. The molecule has 0 saturated heterocycles. The van der Waals surface area contributed by atoms with Crippen LogP contribution in [-0.4, -0.2) is 12.5 Å². The van der Waals surface area contributed by atoms with Crippen LogP contribution in [0.2, 0.25) is 5.02 Å². The molecule has 0 fully saturated rings. The number of rotatable bonds is 3. The standard InChI is InChI=1S/C17H16ClN2O/c18-14-7-5-12(6-8-14)11-20-17(21)16-15-4-2-1-3-13(15)9-10-19-16/h2-8,16,19H,9-11H2,(H,20,21). The summed E-state index contributed by atoms with van der Waals surface area (Å²) in [5.41, 5.74) is 3.28. The van der Waals surface area contributed by atoms with Crippen molar-refractivity contribution in [2.24, 2.45) is 0 Å². The van der Waals surface area contributed by atoms with Crippen molar-refractivity contribution in [2.45, 2.75) is 19.0 Å². The SMILES string of the molecule is O=C(NCc1ccc(Cl)cc1)C1NCCc2c[c]ccc21. The van der Waals surface area contributed by atoms with Crippen LogP contribution >= 0.6 is 11.6 Å². The van der Waals surface area contributed by atoms with Crippen LogP contribution in [0, 0.1) is 6.07 Å². The Kier molecular flexibility index (Phi) is 4.23. The summed E-state index contributed by atoms with van der Waals surface area (Å²) < 4.78 is 0. The van der Waals surface area contributed by atoms with Gasteiger partial charge < -0.3 is 10.6 Å². The highest BCUT2D eigenvalue weighted by molar-refractivity contribution is 6.30. The Balaban J connectivity index is 1.68. The molecule has 2 aromatic rings. The topological polar surface area (TPSA) is 41.1 Å². The molecule has 1 aliphatic rings. The Bertz CT molecular complexity index is 639. The molecule has 2 aromatic carbocycles. The Labute approximate surface area is 129 Å². The minimum atomic E-state index is -0.282. The summed E-state index contributed by atoms with van der Waals surface area (Å²) in [6, 6.07) is 16.1. The number of fused-ring (bicyclic) bond motifs is 1. The van der Waals surface area contributed by atoms with Crippen LogP contribution < -0.4 is 10.6 Å². The van der Waals surface area contributed by atoms with Crippen LogP contribution in [0.25, 0.3) is 0 Å². The van der Waals surface area contributed by atoms with Crippen molar-refractivity contribution in [3.05, 3.63) is 70.2 Å². The lowest BCUT2D eigenvalue weighted by Crippen LogP contribution is -2.41. The first-order valence-electron chi connectivity index (χ1n) is 6.98. The number of nitrogens with one attached hydrogen (secondary N) is 2. The van der Waals surface area contributed by atoms with Crippen LogP contribution in [0.1, 0.15) is 22.7 Å². The first kappa shape index (κ1) is 14.1. The second kappa shape index (κ2) is 6.29. The van der Waals surface area contributed by atoms with E-state index in [4.69, 9.17) is 11.6 Å². The highest BCUT2D eigenvalue weighted by Gasteiger charge is 2.25. The van der Waals surface area contributed by atoms with Crippen molar-refractivity contribution in [3.8, 4) is 0 Å². The molecule has 0 spiro atoms. The third-order valence-electron chi connectivity index (χ3n) is 3.68. The summed E-state index contributed by atoms with van der Waals surface area (Å²) in [5, 5.41) is 6.95. The molecule has 107 valence electrons. The summed E-state index contributed by atoms with van der Waals surface area (Å²) in [5.74, 6) is -0.00269. The molecule has 0 bridgehead atoms. The number of carbonyl (C=O) groups excluding carboxylic acids is 1. The number of hydrogen-bond donors (Lipinski definition) is 2. The van der Waals surface area contributed by atoms with E-state index in [2.05, 4.69) is 16.7 Å². The quantitative estimate of drug-likeness (QED) is 0.915. The third-order valence-corrected chi connectivity index (χ3v) is 3.94. The van der Waals surface area contributed by atoms with Crippen LogP contribution in [0.4, 0.5) is 0 Å². The highest BCUT2D eigenvalue weighted by atomic mass is 35.5. The molecule has 3 nitrogen and oxygen atoms in total. The fraction of sp³-hybridized carbons (Fsp3) is 0.235. The lowest BCUT2D eigenvalue weighted by molar-refractivity contribution is -0.123. The first-order chi connectivity index (χ1) is 10.2. The van der Waals surface area contributed by atoms with E-state index in [1.54, 1.807) is 0 Å². The van der Waals surface area contributed by atoms with Crippen molar-refractivity contribution in [1.29, 1.82) is 0 Å². The zero-order valence-electron chi connectivity index (χ0n) is 11.5. The molecule has 0 aliphatic carbocycles. The van der Waals surface area contributed by atoms with Crippen LogP contribution in [0.5, 0.6) is 0 Å². The van der Waals surface area contributed by atoms with Crippen molar-refractivity contribution >= 4 is 17.5 Å². The van der Waals surface area contributed by atoms with Gasteiger partial charge in [-0.25, -0.2) is 0 Å². The van der Waals surface area contributed by atoms with Crippen molar-refractivity contribution in [2.75, 3.05) is 6.54 Å². The lowest BCUT2D eigenvalue weighted by Gasteiger charge is -2.26. The molecular formula is C17H16ClN2O. The maximum absolute atomic E-state index is 12.4. The van der Waals surface area contributed by atoms with Crippen LogP contribution in [-0.2, 0) is 17.8 Å². The summed E-state index contributed by atoms with van der Waals surface area (Å²) in [7, 11) is 0. The summed E-state index contributed by atoms with van der Waals surface area (Å²) in [4.78, 5) is 12.4. The zero-order chi connectivity index (χ0) is 14.7. The van der Waals surface area contributed by atoms with Gasteiger partial charge in [-0.3, -0.25) is 4.79 Å². The molecule has 0 aromatic heterocycles. The molecule has 4 heteroatoms. The maximum atomic E-state index is 12.4. The van der Waals surface area contributed by atoms with E-state index in [9.17, 15) is 4.79 Å². The first-order valence-corrected chi connectivity index (χ1v) is 7.36. The van der Waals surface area contributed by atoms with E-state index in [0.29, 0.717) is 11.6 Å². The average molecular weight is 300 g/mol. The van der Waals surface area contributed by atoms with Crippen LogP contribution in [0.15, 0.2) is 42.5 Å². The van der Waals surface area contributed by atoms with Gasteiger partial charge in [0, 0.05) is 18.1 Å². The van der Waals surface area contributed by atoms with E-state index in [1.807, 2.05) is 42.5 Å². The Morgan fingerprint density at radius 2 is 2.14 bits per heavy atom. The molecular weight excluding hydrogens is 284 g/mol. The normalized spacial score (nSPS) is 17.1. The smallest absolute Gasteiger partial charge is 0.242 e. The summed E-state index contributed by atoms with van der Waals surface area (Å²) in [6.45, 7) is 1.31. The number of halogens is 1. The monoisotopic (exact) mass is 299 g/mol. The molecule has 0 saturated carbocycles. The second-order valence-electron chi connectivity index (χ2n) is 5.11. The van der Waals surface area contributed by atoms with E-state index < -0.39 is 0 Å². The predicted molar refractivity (Wildman–Crippen MR) is 83.0 cm³/mol. The van der Waals surface area contributed by atoms with Gasteiger partial charge in [0.15, 0.2) is 0 Å². The molecule has 2 N–H and O–H groups in total. The van der Waals surface area contributed by atoms with Gasteiger partial charge in [-0.2, -0.15) is 0 Å². The van der Waals surface area contributed by atoms with Crippen molar-refractivity contribution in [3.63, 3.8) is 0 Å². The van der Waals surface area contributed by atoms with Gasteiger partial charge >= 0.3 is 0 Å². The van der Waals surface area contributed by atoms with Gasteiger partial charge in [0.1, 0.15) is 6.04 Å². The number of amides is 1. The molecule has 1 atom stereocenters. The molecule has 1 amide bonds. The van der Waals surface area contributed by atoms with Gasteiger partial charge in [-0.05, 0) is 41.3 Å². The Hall–Kier alpha value is -1.84. The second-order valence-corrected chi connectivity index (χ2v) is 5.54. The van der Waals surface area contributed by atoms with Crippen molar-refractivity contribution in [1.82, 2.24) is 10.6 Å². The van der Waals surface area contributed by atoms with E-state index in [0.717, 1.165) is 24.1 Å². The van der Waals surface area contributed by atoms with Gasteiger partial charge in [-0.1, -0.05) is 41.9 Å². The molecule has 1 radical (unpaired) electrons. The predicted octanol–water partition coefficient (Wildman–Crippen LogP) is 2.64. The Morgan fingerprint density at radius 1 is 1.33 bits per heavy atom. The zero-order valence-corrected chi connectivity index (χ0v) is 12.3. The molecule has 1 heterocycles. The van der Waals surface area contributed by atoms with Crippen LogP contribution in [0.3, 0.4) is 0 Å². The molecule has 3 rings (SSSR count). The van der Waals surface area contributed by atoms with E-state index in [-0.39, 0.29) is 11.9 Å². The largest absolute Gasteiger partial charge is 0.350 e. The van der Waals surface area contributed by atoms with E-state index >= 15 is 0 Å². The molecule has 1 aliphatic heterocycles. The maximum Gasteiger partial charge on any atom is 0.242 e. The highest BCUT2D eigenvalue weighted by Crippen LogP contribution is 2.22. The fourth-order valence-corrected chi connectivity index (χ4v) is 2.69. The number of hydrogen-bond acceptors (Lipinski definition) is 2. The average Bonchev–Trinajstić information content (AvgIpc) is 2.53. The van der Waals surface area contributed by atoms with Gasteiger partial charge in [0.25, 0.3) is 0 Å². The van der Waals surface area contributed by atoms with E-state index in [1.165, 1.54) is 5.56 Å². The fourth-order valence-electron chi connectivity index (χ4n) is 2.56. The Morgan fingerprint density at radius 3 is 2.95 bits per heavy atom. The van der Waals surface area contributed by atoms with Gasteiger partial charge in [0.05, 0.1) is 0 Å². The number of benzene rings is 2. The summed E-state index contributed by atoms with van der Waals surface area (Å²) >= 11 is 5.85. The minimum Gasteiger partial charge on any atom is -0.350 e. The minimum absolute atomic E-state index is 0.00269. The van der Waals surface area contributed by atoms with Crippen molar-refractivity contribution < 1.29 is 4.79 Å². The number of carbonyl (C=O) groups is 1. The third kappa shape index (κ3) is 3.26. The molecule has 1 unspecified atom stereocenters. The lowest BCUT2D eigenvalue weighted by atomic mass is 9.94. The van der Waals surface area contributed by atoms with Gasteiger partial charge in [0.2, 0.25) is 5.91 Å².